The van der Waals surface area contributed by atoms with Gasteiger partial charge in [-0.2, -0.15) is 0 Å². The molecule has 1 aromatic rings. The fourth-order valence-electron chi connectivity index (χ4n) is 1.22. The molecule has 0 amide bonds. The molecule has 3 N–H and O–H groups in total. The standard InChI is InChI=1S/C10H12F3NO/c1-2-8(14)10(15)5-3-6(11)9(13)7(12)4-5/h3-4,8,10,15H,2,14H2,1H3. The highest BCUT2D eigenvalue weighted by Crippen LogP contribution is 2.21. The maximum absolute atomic E-state index is 12.8. The van der Waals surface area contributed by atoms with Crippen molar-refractivity contribution in [2.45, 2.75) is 25.5 Å². The Hall–Kier alpha value is -1.07. The molecule has 5 heteroatoms. The van der Waals surface area contributed by atoms with Crippen molar-refractivity contribution in [1.29, 1.82) is 0 Å². The first kappa shape index (κ1) is 12.0. The number of benzene rings is 1. The van der Waals surface area contributed by atoms with E-state index in [1.165, 1.54) is 0 Å². The van der Waals surface area contributed by atoms with Crippen molar-refractivity contribution >= 4 is 0 Å². The van der Waals surface area contributed by atoms with Gasteiger partial charge in [0.25, 0.3) is 0 Å². The predicted octanol–water partition coefficient (Wildman–Crippen LogP) is 1.87. The Kier molecular flexibility index (Phi) is 3.71. The first-order chi connectivity index (χ1) is 6.97. The highest BCUT2D eigenvalue weighted by Gasteiger charge is 2.19. The Morgan fingerprint density at radius 2 is 1.73 bits per heavy atom. The number of hydrogen-bond acceptors (Lipinski definition) is 2. The normalized spacial score (nSPS) is 15.1. The molecule has 0 heterocycles. The van der Waals surface area contributed by atoms with Gasteiger partial charge in [0.05, 0.1) is 6.10 Å². The maximum atomic E-state index is 12.8. The number of aliphatic hydroxyl groups excluding tert-OH is 1. The summed E-state index contributed by atoms with van der Waals surface area (Å²) in [5.41, 5.74) is 5.44. The molecular weight excluding hydrogens is 207 g/mol. The lowest BCUT2D eigenvalue weighted by Gasteiger charge is -2.17. The molecule has 1 rings (SSSR count). The predicted molar refractivity (Wildman–Crippen MR) is 49.5 cm³/mol. The number of halogens is 3. The molecule has 0 radical (unpaired) electrons. The minimum atomic E-state index is -1.55. The third-order valence-corrected chi connectivity index (χ3v) is 2.22. The molecule has 2 nitrogen and oxygen atoms in total. The quantitative estimate of drug-likeness (QED) is 0.762. The molecule has 0 saturated carbocycles. The van der Waals surface area contributed by atoms with Crippen molar-refractivity contribution in [1.82, 2.24) is 0 Å². The van der Waals surface area contributed by atoms with Crippen molar-refractivity contribution in [3.05, 3.63) is 35.1 Å². The molecule has 1 aromatic carbocycles. The third-order valence-electron chi connectivity index (χ3n) is 2.22. The maximum Gasteiger partial charge on any atom is 0.194 e. The smallest absolute Gasteiger partial charge is 0.194 e. The average Bonchev–Trinajstić information content (AvgIpc) is 2.23. The molecule has 2 atom stereocenters. The van der Waals surface area contributed by atoms with Crippen molar-refractivity contribution in [2.24, 2.45) is 5.73 Å². The summed E-state index contributed by atoms with van der Waals surface area (Å²) < 4.78 is 38.2. The van der Waals surface area contributed by atoms with E-state index in [1.54, 1.807) is 6.92 Å². The van der Waals surface area contributed by atoms with E-state index in [4.69, 9.17) is 5.73 Å². The van der Waals surface area contributed by atoms with E-state index in [2.05, 4.69) is 0 Å². The van der Waals surface area contributed by atoms with Crippen molar-refractivity contribution < 1.29 is 18.3 Å². The highest BCUT2D eigenvalue weighted by atomic mass is 19.2. The molecule has 0 fully saturated rings. The SMILES string of the molecule is CCC(N)C(O)c1cc(F)c(F)c(F)c1. The lowest BCUT2D eigenvalue weighted by atomic mass is 10.0. The van der Waals surface area contributed by atoms with E-state index in [0.717, 1.165) is 12.1 Å². The molecule has 0 aliphatic rings. The zero-order valence-corrected chi connectivity index (χ0v) is 8.17. The van der Waals surface area contributed by atoms with E-state index in [0.29, 0.717) is 6.42 Å². The van der Waals surface area contributed by atoms with Crippen LogP contribution in [0.4, 0.5) is 13.2 Å². The van der Waals surface area contributed by atoms with E-state index in [-0.39, 0.29) is 5.56 Å². The van der Waals surface area contributed by atoms with Gasteiger partial charge in [-0.15, -0.1) is 0 Å². The van der Waals surface area contributed by atoms with Gasteiger partial charge in [0, 0.05) is 6.04 Å². The number of rotatable bonds is 3. The highest BCUT2D eigenvalue weighted by molar-refractivity contribution is 5.22. The minimum Gasteiger partial charge on any atom is -0.387 e. The molecule has 2 unspecified atom stereocenters. The van der Waals surface area contributed by atoms with E-state index in [1.807, 2.05) is 0 Å². The summed E-state index contributed by atoms with van der Waals surface area (Å²) in [6.07, 6.45) is -0.749. The first-order valence-electron chi connectivity index (χ1n) is 4.55. The van der Waals surface area contributed by atoms with Crippen LogP contribution in [0.15, 0.2) is 12.1 Å². The lowest BCUT2D eigenvalue weighted by molar-refractivity contribution is 0.143. The Bertz CT molecular complexity index is 334. The zero-order valence-electron chi connectivity index (χ0n) is 8.17. The molecule has 0 aliphatic heterocycles. The van der Waals surface area contributed by atoms with Crippen LogP contribution in [-0.2, 0) is 0 Å². The number of hydrogen-bond donors (Lipinski definition) is 2. The molecule has 15 heavy (non-hydrogen) atoms. The van der Waals surface area contributed by atoms with Crippen molar-refractivity contribution in [2.75, 3.05) is 0 Å². The van der Waals surface area contributed by atoms with Crippen LogP contribution >= 0.6 is 0 Å². The summed E-state index contributed by atoms with van der Waals surface area (Å²) in [5, 5.41) is 9.55. The summed E-state index contributed by atoms with van der Waals surface area (Å²) in [6, 6.07) is 0.867. The van der Waals surface area contributed by atoms with Crippen LogP contribution in [0.25, 0.3) is 0 Å². The summed E-state index contributed by atoms with van der Waals surface area (Å²) in [7, 11) is 0. The summed E-state index contributed by atoms with van der Waals surface area (Å²) >= 11 is 0. The second-order valence-electron chi connectivity index (χ2n) is 3.32. The number of aliphatic hydroxyl groups is 1. The average molecular weight is 219 g/mol. The molecule has 0 saturated heterocycles. The van der Waals surface area contributed by atoms with Gasteiger partial charge >= 0.3 is 0 Å². The molecule has 0 bridgehead atoms. The van der Waals surface area contributed by atoms with Gasteiger partial charge in [-0.1, -0.05) is 6.92 Å². The van der Waals surface area contributed by atoms with Crippen LogP contribution < -0.4 is 5.73 Å². The van der Waals surface area contributed by atoms with Gasteiger partial charge in [-0.25, -0.2) is 13.2 Å². The summed E-state index contributed by atoms with van der Waals surface area (Å²) in [5.74, 6) is -4.20. The van der Waals surface area contributed by atoms with E-state index >= 15 is 0 Å². The van der Waals surface area contributed by atoms with Crippen molar-refractivity contribution in [3.63, 3.8) is 0 Å². The summed E-state index contributed by atoms with van der Waals surface area (Å²) in [6.45, 7) is 1.73. The number of nitrogens with two attached hydrogens (primary N) is 1. The van der Waals surface area contributed by atoms with Crippen molar-refractivity contribution in [3.8, 4) is 0 Å². The van der Waals surface area contributed by atoms with E-state index < -0.39 is 29.6 Å². The van der Waals surface area contributed by atoms with Gasteiger partial charge in [0.15, 0.2) is 17.5 Å². The van der Waals surface area contributed by atoms with Crippen LogP contribution in [-0.4, -0.2) is 11.1 Å². The fraction of sp³-hybridized carbons (Fsp3) is 0.400. The minimum absolute atomic E-state index is 0.0549. The second kappa shape index (κ2) is 4.63. The zero-order chi connectivity index (χ0) is 11.6. The molecular formula is C10H12F3NO. The Morgan fingerprint density at radius 1 is 1.27 bits per heavy atom. The largest absolute Gasteiger partial charge is 0.387 e. The first-order valence-corrected chi connectivity index (χ1v) is 4.55. The third kappa shape index (κ3) is 2.49. The molecule has 0 spiro atoms. The Balaban J connectivity index is 3.06. The summed E-state index contributed by atoms with van der Waals surface area (Å²) in [4.78, 5) is 0. The Labute approximate surface area is 85.5 Å². The monoisotopic (exact) mass is 219 g/mol. The molecule has 0 aromatic heterocycles. The van der Waals surface area contributed by atoms with Crippen LogP contribution in [0, 0.1) is 17.5 Å². The van der Waals surface area contributed by atoms with Crippen LogP contribution in [0.3, 0.4) is 0 Å². The molecule has 84 valence electrons. The van der Waals surface area contributed by atoms with Gasteiger partial charge in [-0.3, -0.25) is 0 Å². The fourth-order valence-corrected chi connectivity index (χ4v) is 1.22. The van der Waals surface area contributed by atoms with Gasteiger partial charge in [0.1, 0.15) is 0 Å². The van der Waals surface area contributed by atoms with Gasteiger partial charge in [-0.05, 0) is 24.1 Å². The van der Waals surface area contributed by atoms with E-state index in [9.17, 15) is 18.3 Å². The van der Waals surface area contributed by atoms with Gasteiger partial charge < -0.3 is 10.8 Å². The topological polar surface area (TPSA) is 46.2 Å². The molecule has 0 aliphatic carbocycles. The Morgan fingerprint density at radius 3 is 2.13 bits per heavy atom. The van der Waals surface area contributed by atoms with Crippen LogP contribution in [0.2, 0.25) is 0 Å². The van der Waals surface area contributed by atoms with Crippen LogP contribution in [0.5, 0.6) is 0 Å². The van der Waals surface area contributed by atoms with Crippen LogP contribution in [0.1, 0.15) is 25.0 Å². The lowest BCUT2D eigenvalue weighted by Crippen LogP contribution is -2.27. The second-order valence-corrected chi connectivity index (χ2v) is 3.32. The van der Waals surface area contributed by atoms with Gasteiger partial charge in [0.2, 0.25) is 0 Å².